The molecule has 2 rings (SSSR count). The van der Waals surface area contributed by atoms with Gasteiger partial charge in [-0.25, -0.2) is 4.39 Å². The highest BCUT2D eigenvalue weighted by atomic mass is 35.5. The summed E-state index contributed by atoms with van der Waals surface area (Å²) in [6, 6.07) is 9.51. The Balaban J connectivity index is 2.46. The first-order chi connectivity index (χ1) is 9.56. The highest BCUT2D eigenvalue weighted by Crippen LogP contribution is 2.36. The first-order valence-corrected chi connectivity index (χ1v) is 6.78. The zero-order chi connectivity index (χ0) is 14.7. The second kappa shape index (κ2) is 6.44. The van der Waals surface area contributed by atoms with Crippen molar-refractivity contribution in [3.63, 3.8) is 0 Å². The van der Waals surface area contributed by atoms with E-state index in [2.05, 4.69) is 5.32 Å². The molecule has 0 fully saturated rings. The van der Waals surface area contributed by atoms with Gasteiger partial charge in [0.25, 0.3) is 0 Å². The van der Waals surface area contributed by atoms with Gasteiger partial charge in [0.05, 0.1) is 18.2 Å². The first-order valence-electron chi connectivity index (χ1n) is 6.02. The number of nitrogens with one attached hydrogen (secondary N) is 1. The minimum atomic E-state index is -0.275. The van der Waals surface area contributed by atoms with Gasteiger partial charge in [-0.05, 0) is 36.4 Å². The molecule has 0 aliphatic carbocycles. The number of hydrogen-bond donors (Lipinski definition) is 1. The number of halogens is 3. The normalized spacial score (nSPS) is 12.2. The summed E-state index contributed by atoms with van der Waals surface area (Å²) in [5, 5.41) is 4.17. The largest absolute Gasteiger partial charge is 0.495 e. The number of methoxy groups -OCH3 is 1. The molecule has 0 aromatic heterocycles. The van der Waals surface area contributed by atoms with Crippen molar-refractivity contribution in [1.82, 2.24) is 5.32 Å². The second-order valence-corrected chi connectivity index (χ2v) is 5.10. The van der Waals surface area contributed by atoms with Crippen LogP contribution in [0.15, 0.2) is 36.4 Å². The summed E-state index contributed by atoms with van der Waals surface area (Å²) in [6.45, 7) is 0. The van der Waals surface area contributed by atoms with Gasteiger partial charge in [0.1, 0.15) is 11.6 Å². The summed E-state index contributed by atoms with van der Waals surface area (Å²) >= 11 is 12.4. The zero-order valence-electron chi connectivity index (χ0n) is 11.1. The number of benzene rings is 2. The van der Waals surface area contributed by atoms with Crippen LogP contribution in [0.3, 0.4) is 0 Å². The van der Waals surface area contributed by atoms with Gasteiger partial charge in [0, 0.05) is 11.1 Å². The van der Waals surface area contributed by atoms with Gasteiger partial charge in [0.15, 0.2) is 0 Å². The third kappa shape index (κ3) is 3.06. The smallest absolute Gasteiger partial charge is 0.138 e. The summed E-state index contributed by atoms with van der Waals surface area (Å²) < 4.78 is 18.1. The topological polar surface area (TPSA) is 21.3 Å². The van der Waals surface area contributed by atoms with Gasteiger partial charge in [0.2, 0.25) is 0 Å². The van der Waals surface area contributed by atoms with Crippen LogP contribution in [0.2, 0.25) is 10.0 Å². The van der Waals surface area contributed by atoms with Gasteiger partial charge in [-0.15, -0.1) is 0 Å². The van der Waals surface area contributed by atoms with E-state index in [0.29, 0.717) is 15.8 Å². The molecule has 0 aliphatic heterocycles. The van der Waals surface area contributed by atoms with E-state index in [9.17, 15) is 4.39 Å². The molecule has 106 valence electrons. The molecule has 0 spiro atoms. The van der Waals surface area contributed by atoms with Crippen LogP contribution in [0.1, 0.15) is 17.2 Å². The van der Waals surface area contributed by atoms with Gasteiger partial charge < -0.3 is 10.1 Å². The van der Waals surface area contributed by atoms with E-state index in [4.69, 9.17) is 27.9 Å². The second-order valence-electron chi connectivity index (χ2n) is 4.28. The van der Waals surface area contributed by atoms with Crippen molar-refractivity contribution in [1.29, 1.82) is 0 Å². The Labute approximate surface area is 127 Å². The van der Waals surface area contributed by atoms with E-state index in [0.717, 1.165) is 11.1 Å². The molecule has 0 bridgehead atoms. The lowest BCUT2D eigenvalue weighted by molar-refractivity contribution is 0.415. The molecule has 0 heterocycles. The highest BCUT2D eigenvalue weighted by Gasteiger charge is 2.17. The molecule has 2 aromatic rings. The average molecular weight is 314 g/mol. The molecule has 2 nitrogen and oxygen atoms in total. The Morgan fingerprint density at radius 2 is 1.75 bits per heavy atom. The molecule has 1 unspecified atom stereocenters. The first kappa shape index (κ1) is 15.1. The summed E-state index contributed by atoms with van der Waals surface area (Å²) in [5.41, 5.74) is 1.71. The summed E-state index contributed by atoms with van der Waals surface area (Å²) in [6.07, 6.45) is 0. The molecule has 20 heavy (non-hydrogen) atoms. The molecule has 0 aliphatic rings. The molecule has 2 aromatic carbocycles. The van der Waals surface area contributed by atoms with Crippen molar-refractivity contribution in [3.05, 3.63) is 63.4 Å². The van der Waals surface area contributed by atoms with Crippen LogP contribution in [0.4, 0.5) is 4.39 Å². The minimum absolute atomic E-state index is 0.175. The van der Waals surface area contributed by atoms with Crippen molar-refractivity contribution in [3.8, 4) is 5.75 Å². The van der Waals surface area contributed by atoms with Crippen LogP contribution in [0.25, 0.3) is 0 Å². The number of hydrogen-bond acceptors (Lipinski definition) is 2. The highest BCUT2D eigenvalue weighted by molar-refractivity contribution is 6.34. The Bertz CT molecular complexity index is 602. The molecule has 1 N–H and O–H groups in total. The molecule has 5 heteroatoms. The SMILES string of the molecule is CNC(c1ccc(F)cc1)c1cc(Cl)c(OC)cc1Cl. The third-order valence-electron chi connectivity index (χ3n) is 3.07. The van der Waals surface area contributed by atoms with E-state index < -0.39 is 0 Å². The maximum atomic E-state index is 13.0. The summed E-state index contributed by atoms with van der Waals surface area (Å²) in [4.78, 5) is 0. The van der Waals surface area contributed by atoms with Gasteiger partial charge in [-0.3, -0.25) is 0 Å². The average Bonchev–Trinajstić information content (AvgIpc) is 2.45. The lowest BCUT2D eigenvalue weighted by atomic mass is 9.98. The molecular formula is C15H14Cl2FNO. The lowest BCUT2D eigenvalue weighted by Gasteiger charge is -2.19. The van der Waals surface area contributed by atoms with E-state index in [-0.39, 0.29) is 11.9 Å². The minimum Gasteiger partial charge on any atom is -0.495 e. The Kier molecular flexibility index (Phi) is 4.86. The van der Waals surface area contributed by atoms with E-state index >= 15 is 0 Å². The summed E-state index contributed by atoms with van der Waals surface area (Å²) in [7, 11) is 3.34. The molecule has 0 saturated carbocycles. The van der Waals surface area contributed by atoms with Crippen LogP contribution < -0.4 is 10.1 Å². The molecule has 1 atom stereocenters. The van der Waals surface area contributed by atoms with Crippen LogP contribution >= 0.6 is 23.2 Å². The fourth-order valence-corrected chi connectivity index (χ4v) is 2.59. The zero-order valence-corrected chi connectivity index (χ0v) is 12.6. The molecule has 0 saturated heterocycles. The van der Waals surface area contributed by atoms with Gasteiger partial charge in [-0.2, -0.15) is 0 Å². The molecule has 0 amide bonds. The maximum Gasteiger partial charge on any atom is 0.138 e. The number of rotatable bonds is 4. The summed E-state index contributed by atoms with van der Waals surface area (Å²) in [5.74, 6) is 0.247. The van der Waals surface area contributed by atoms with E-state index in [1.54, 1.807) is 24.3 Å². The molecule has 0 radical (unpaired) electrons. The van der Waals surface area contributed by atoms with Crippen LogP contribution in [-0.4, -0.2) is 14.2 Å². The maximum absolute atomic E-state index is 13.0. The van der Waals surface area contributed by atoms with Gasteiger partial charge >= 0.3 is 0 Å². The van der Waals surface area contributed by atoms with Crippen LogP contribution in [0.5, 0.6) is 5.75 Å². The predicted molar refractivity (Wildman–Crippen MR) is 80.3 cm³/mol. The third-order valence-corrected chi connectivity index (χ3v) is 3.70. The van der Waals surface area contributed by atoms with Crippen molar-refractivity contribution < 1.29 is 9.13 Å². The number of ether oxygens (including phenoxy) is 1. The van der Waals surface area contributed by atoms with Crippen molar-refractivity contribution in [2.24, 2.45) is 0 Å². The van der Waals surface area contributed by atoms with Crippen molar-refractivity contribution >= 4 is 23.2 Å². The lowest BCUT2D eigenvalue weighted by Crippen LogP contribution is -2.18. The Morgan fingerprint density at radius 1 is 1.10 bits per heavy atom. The standard InChI is InChI=1S/C15H14Cl2FNO/c1-19-15(9-3-5-10(18)6-4-9)11-7-13(17)14(20-2)8-12(11)16/h3-8,15,19H,1-2H3. The fourth-order valence-electron chi connectivity index (χ4n) is 2.08. The van der Waals surface area contributed by atoms with Crippen LogP contribution in [0, 0.1) is 5.82 Å². The predicted octanol–water partition coefficient (Wildman–Crippen LogP) is 4.45. The van der Waals surface area contributed by atoms with E-state index in [1.807, 2.05) is 7.05 Å². The Hall–Kier alpha value is -1.29. The fraction of sp³-hybridized carbons (Fsp3) is 0.200. The van der Waals surface area contributed by atoms with Crippen molar-refractivity contribution in [2.45, 2.75) is 6.04 Å². The molecular weight excluding hydrogens is 300 g/mol. The monoisotopic (exact) mass is 313 g/mol. The van der Waals surface area contributed by atoms with Crippen molar-refractivity contribution in [2.75, 3.05) is 14.2 Å². The van der Waals surface area contributed by atoms with Gasteiger partial charge in [-0.1, -0.05) is 35.3 Å². The van der Waals surface area contributed by atoms with Crippen LogP contribution in [-0.2, 0) is 0 Å². The Morgan fingerprint density at radius 3 is 2.30 bits per heavy atom. The quantitative estimate of drug-likeness (QED) is 0.900. The van der Waals surface area contributed by atoms with E-state index in [1.165, 1.54) is 19.2 Å².